The lowest BCUT2D eigenvalue weighted by molar-refractivity contribution is 0.600. The Kier molecular flexibility index (Phi) is 4.11. The maximum atomic E-state index is 12.4. The van der Waals surface area contributed by atoms with E-state index < -0.39 is 15.6 Å². The largest absolute Gasteiger partial charge is 0.326 e. The van der Waals surface area contributed by atoms with Crippen LogP contribution in [0.3, 0.4) is 0 Å². The summed E-state index contributed by atoms with van der Waals surface area (Å²) in [5.74, 6) is 0. The average molecular weight is 327 g/mol. The zero-order chi connectivity index (χ0) is 15.8. The summed E-state index contributed by atoms with van der Waals surface area (Å²) in [5.41, 5.74) is 2.71. The molecule has 0 unspecified atom stereocenters. The number of anilines is 1. The van der Waals surface area contributed by atoms with Gasteiger partial charge in [-0.1, -0.05) is 29.3 Å². The Bertz CT molecular complexity index is 834. The molecule has 21 heavy (non-hydrogen) atoms. The highest BCUT2D eigenvalue weighted by atomic mass is 35.5. The maximum absolute atomic E-state index is 12.4. The summed E-state index contributed by atoms with van der Waals surface area (Å²) in [6.07, 6.45) is 1.12. The van der Waals surface area contributed by atoms with Gasteiger partial charge in [-0.25, -0.2) is 8.42 Å². The van der Waals surface area contributed by atoms with Crippen molar-refractivity contribution in [1.82, 2.24) is 4.98 Å². The van der Waals surface area contributed by atoms with Crippen LogP contribution < -0.4 is 10.3 Å². The minimum absolute atomic E-state index is 0.0912. The Labute approximate surface area is 128 Å². The second-order valence-corrected chi connectivity index (χ2v) is 6.98. The molecule has 7 heteroatoms. The van der Waals surface area contributed by atoms with Crippen LogP contribution in [0.15, 0.2) is 34.1 Å². The molecule has 0 radical (unpaired) electrons. The molecule has 0 aliphatic heterocycles. The molecule has 5 nitrogen and oxygen atoms in total. The molecular weight excluding hydrogens is 312 g/mol. The van der Waals surface area contributed by atoms with Crippen LogP contribution in [0.4, 0.5) is 5.69 Å². The summed E-state index contributed by atoms with van der Waals surface area (Å²) in [6.45, 7) is 5.61. The third-order valence-corrected chi connectivity index (χ3v) is 4.67. The van der Waals surface area contributed by atoms with Crippen molar-refractivity contribution in [3.8, 4) is 0 Å². The number of aromatic amines is 1. The number of sulfonamides is 1. The van der Waals surface area contributed by atoms with Gasteiger partial charge < -0.3 is 4.98 Å². The SMILES string of the molecule is Cc1cc(C)c(NS(=O)(=O)c2c[nH]c(=O)c(Cl)c2)c(C)c1. The molecule has 0 fully saturated rings. The Morgan fingerprint density at radius 2 is 1.67 bits per heavy atom. The van der Waals surface area contributed by atoms with Gasteiger partial charge in [0.05, 0.1) is 5.69 Å². The Balaban J connectivity index is 2.47. The molecule has 1 aromatic heterocycles. The van der Waals surface area contributed by atoms with Crippen molar-refractivity contribution in [2.24, 2.45) is 0 Å². The van der Waals surface area contributed by atoms with E-state index >= 15 is 0 Å². The highest BCUT2D eigenvalue weighted by molar-refractivity contribution is 7.92. The molecule has 0 saturated carbocycles. The van der Waals surface area contributed by atoms with Crippen molar-refractivity contribution in [3.63, 3.8) is 0 Å². The van der Waals surface area contributed by atoms with E-state index in [2.05, 4.69) is 9.71 Å². The van der Waals surface area contributed by atoms with Gasteiger partial charge in [0.15, 0.2) is 0 Å². The number of aryl methyl sites for hydroxylation is 3. The number of halogens is 1. The lowest BCUT2D eigenvalue weighted by Crippen LogP contribution is -2.17. The number of aromatic nitrogens is 1. The van der Waals surface area contributed by atoms with E-state index in [1.165, 1.54) is 0 Å². The number of H-pyrrole nitrogens is 1. The van der Waals surface area contributed by atoms with Crippen molar-refractivity contribution in [1.29, 1.82) is 0 Å². The highest BCUT2D eigenvalue weighted by Gasteiger charge is 2.18. The highest BCUT2D eigenvalue weighted by Crippen LogP contribution is 2.25. The van der Waals surface area contributed by atoms with Crippen molar-refractivity contribution >= 4 is 27.3 Å². The van der Waals surface area contributed by atoms with Gasteiger partial charge in [0, 0.05) is 6.20 Å². The number of nitrogens with one attached hydrogen (secondary N) is 2. The van der Waals surface area contributed by atoms with Crippen LogP contribution in [0.25, 0.3) is 0 Å². The smallest absolute Gasteiger partial charge is 0.266 e. The number of hydrogen-bond donors (Lipinski definition) is 2. The number of benzene rings is 1. The molecule has 0 spiro atoms. The zero-order valence-electron chi connectivity index (χ0n) is 11.8. The molecule has 2 N–H and O–H groups in total. The summed E-state index contributed by atoms with van der Waals surface area (Å²) in [5, 5.41) is -0.171. The summed E-state index contributed by atoms with van der Waals surface area (Å²) in [6, 6.07) is 4.91. The number of pyridine rings is 1. The quantitative estimate of drug-likeness (QED) is 0.910. The van der Waals surface area contributed by atoms with Gasteiger partial charge >= 0.3 is 0 Å². The van der Waals surface area contributed by atoms with Gasteiger partial charge in [-0.05, 0) is 38.0 Å². The molecule has 0 aliphatic carbocycles. The lowest BCUT2D eigenvalue weighted by Gasteiger charge is -2.14. The monoisotopic (exact) mass is 326 g/mol. The summed E-state index contributed by atoms with van der Waals surface area (Å²) in [7, 11) is -3.82. The summed E-state index contributed by atoms with van der Waals surface area (Å²) in [4.78, 5) is 13.4. The van der Waals surface area contributed by atoms with Crippen LogP contribution >= 0.6 is 11.6 Å². The minimum Gasteiger partial charge on any atom is -0.326 e. The molecule has 2 aromatic rings. The van der Waals surface area contributed by atoms with Gasteiger partial charge in [-0.15, -0.1) is 0 Å². The number of rotatable bonds is 3. The summed E-state index contributed by atoms with van der Waals surface area (Å²) < 4.78 is 27.3. The predicted molar refractivity (Wildman–Crippen MR) is 83.5 cm³/mol. The van der Waals surface area contributed by atoms with Crippen LogP contribution in [0.2, 0.25) is 5.02 Å². The molecular formula is C14H15ClN2O3S. The Morgan fingerprint density at radius 1 is 1.10 bits per heavy atom. The zero-order valence-corrected chi connectivity index (χ0v) is 13.4. The molecule has 1 heterocycles. The molecule has 0 saturated heterocycles. The first kappa shape index (κ1) is 15.6. The first-order valence-electron chi connectivity index (χ1n) is 6.19. The third kappa shape index (κ3) is 3.28. The lowest BCUT2D eigenvalue weighted by atomic mass is 10.1. The molecule has 0 amide bonds. The van der Waals surface area contributed by atoms with E-state index in [1.54, 1.807) is 0 Å². The predicted octanol–water partition coefficient (Wildman–Crippen LogP) is 2.75. The molecule has 0 atom stereocenters. The van der Waals surface area contributed by atoms with Crippen LogP contribution in [0.1, 0.15) is 16.7 Å². The van der Waals surface area contributed by atoms with Gasteiger partial charge in [0.1, 0.15) is 9.92 Å². The second-order valence-electron chi connectivity index (χ2n) is 4.89. The molecule has 112 valence electrons. The van der Waals surface area contributed by atoms with Crippen LogP contribution in [0.5, 0.6) is 0 Å². The first-order valence-corrected chi connectivity index (χ1v) is 8.06. The maximum Gasteiger partial charge on any atom is 0.266 e. The van der Waals surface area contributed by atoms with Gasteiger partial charge in [-0.3, -0.25) is 9.52 Å². The Hall–Kier alpha value is -1.79. The number of hydrogen-bond acceptors (Lipinski definition) is 3. The topological polar surface area (TPSA) is 79.0 Å². The molecule has 1 aromatic carbocycles. The van der Waals surface area contributed by atoms with Gasteiger partial charge in [-0.2, -0.15) is 0 Å². The average Bonchev–Trinajstić information content (AvgIpc) is 2.37. The van der Waals surface area contributed by atoms with Gasteiger partial charge in [0.25, 0.3) is 15.6 Å². The van der Waals surface area contributed by atoms with E-state index in [4.69, 9.17) is 11.6 Å². The fourth-order valence-corrected chi connectivity index (χ4v) is 3.56. The van der Waals surface area contributed by atoms with E-state index in [9.17, 15) is 13.2 Å². The van der Waals surface area contributed by atoms with Crippen LogP contribution in [-0.4, -0.2) is 13.4 Å². The normalized spacial score (nSPS) is 11.4. The fraction of sp³-hybridized carbons (Fsp3) is 0.214. The first-order chi connectivity index (χ1) is 9.70. The van der Waals surface area contributed by atoms with Crippen molar-refractivity contribution < 1.29 is 8.42 Å². The van der Waals surface area contributed by atoms with Crippen LogP contribution in [0, 0.1) is 20.8 Å². The van der Waals surface area contributed by atoms with E-state index in [0.29, 0.717) is 5.69 Å². The van der Waals surface area contributed by atoms with Crippen molar-refractivity contribution in [2.75, 3.05) is 4.72 Å². The molecule has 0 bridgehead atoms. The van der Waals surface area contributed by atoms with Crippen molar-refractivity contribution in [3.05, 3.63) is 56.5 Å². The van der Waals surface area contributed by atoms with E-state index in [-0.39, 0.29) is 9.92 Å². The van der Waals surface area contributed by atoms with Crippen molar-refractivity contribution in [2.45, 2.75) is 25.7 Å². The molecule has 0 aliphatic rings. The van der Waals surface area contributed by atoms with Crippen LogP contribution in [-0.2, 0) is 10.0 Å². The minimum atomic E-state index is -3.82. The van der Waals surface area contributed by atoms with Gasteiger partial charge in [0.2, 0.25) is 0 Å². The standard InChI is InChI=1S/C14H15ClN2O3S/c1-8-4-9(2)13(10(3)5-8)17-21(19,20)11-6-12(15)14(18)16-7-11/h4-7,17H,1-3H3,(H,16,18). The Morgan fingerprint density at radius 3 is 2.19 bits per heavy atom. The second kappa shape index (κ2) is 5.54. The summed E-state index contributed by atoms with van der Waals surface area (Å²) >= 11 is 5.67. The molecule has 2 rings (SSSR count). The van der Waals surface area contributed by atoms with E-state index in [0.717, 1.165) is 29.0 Å². The van der Waals surface area contributed by atoms with E-state index in [1.807, 2.05) is 32.9 Å². The fourth-order valence-electron chi connectivity index (χ4n) is 2.13. The third-order valence-electron chi connectivity index (χ3n) is 3.06.